The number of hydrogen-bond acceptors (Lipinski definition) is 3. The highest BCUT2D eigenvalue weighted by Gasteiger charge is 2.17. The Morgan fingerprint density at radius 3 is 2.35 bits per heavy atom. The van der Waals surface area contributed by atoms with E-state index in [0.717, 1.165) is 37.2 Å². The number of nitrogens with two attached hydrogens (primary N) is 1. The van der Waals surface area contributed by atoms with Crippen molar-refractivity contribution < 1.29 is 0 Å². The second-order valence-corrected chi connectivity index (χ2v) is 5.06. The van der Waals surface area contributed by atoms with Crippen molar-refractivity contribution in [2.24, 2.45) is 5.73 Å². The molecular weight excluding hydrogens is 248 g/mol. The van der Waals surface area contributed by atoms with E-state index >= 15 is 0 Å². The van der Waals surface area contributed by atoms with Crippen LogP contribution in [0.5, 0.6) is 0 Å². The van der Waals surface area contributed by atoms with E-state index in [2.05, 4.69) is 34.1 Å². The average Bonchev–Trinajstić information content (AvgIpc) is 2.70. The van der Waals surface area contributed by atoms with Crippen LogP contribution in [0, 0.1) is 5.41 Å². The van der Waals surface area contributed by atoms with Crippen molar-refractivity contribution >= 4 is 11.5 Å². The lowest BCUT2D eigenvalue weighted by Gasteiger charge is -2.24. The Balaban J connectivity index is 1.89. The molecule has 3 N–H and O–H groups in total. The molecule has 0 spiro atoms. The van der Waals surface area contributed by atoms with Gasteiger partial charge in [0.15, 0.2) is 0 Å². The Bertz CT molecular complexity index is 609. The lowest BCUT2D eigenvalue weighted by molar-refractivity contribution is 0.802. The third-order valence-corrected chi connectivity index (χ3v) is 3.85. The van der Waals surface area contributed by atoms with Crippen LogP contribution in [0.2, 0.25) is 0 Å². The van der Waals surface area contributed by atoms with Crippen molar-refractivity contribution in [3.05, 3.63) is 59.4 Å². The van der Waals surface area contributed by atoms with Crippen molar-refractivity contribution in [2.45, 2.75) is 12.8 Å². The summed E-state index contributed by atoms with van der Waals surface area (Å²) >= 11 is 0. The molecular formula is C16H18N4. The minimum atomic E-state index is 0.101. The minimum absolute atomic E-state index is 0.101. The van der Waals surface area contributed by atoms with Gasteiger partial charge in [-0.1, -0.05) is 24.3 Å². The summed E-state index contributed by atoms with van der Waals surface area (Å²) in [4.78, 5) is 6.47. The zero-order chi connectivity index (χ0) is 13.9. The molecule has 4 heteroatoms. The summed E-state index contributed by atoms with van der Waals surface area (Å²) in [7, 11) is 0. The molecule has 1 aromatic heterocycles. The number of nitrogens with one attached hydrogen (secondary N) is 1. The molecule has 2 aromatic rings. The summed E-state index contributed by atoms with van der Waals surface area (Å²) in [6, 6.07) is 10.4. The van der Waals surface area contributed by atoms with E-state index in [1.807, 2.05) is 12.3 Å². The summed E-state index contributed by atoms with van der Waals surface area (Å²) in [5.41, 5.74) is 10.2. The van der Waals surface area contributed by atoms with E-state index in [9.17, 15) is 0 Å². The molecule has 4 nitrogen and oxygen atoms in total. The lowest BCUT2D eigenvalue weighted by Crippen LogP contribution is -2.29. The van der Waals surface area contributed by atoms with Gasteiger partial charge in [0, 0.05) is 24.8 Å². The quantitative estimate of drug-likeness (QED) is 0.645. The predicted octanol–water partition coefficient (Wildman–Crippen LogP) is 1.97. The normalized spacial score (nSPS) is 14.5. The van der Waals surface area contributed by atoms with Crippen LogP contribution in [0.3, 0.4) is 0 Å². The van der Waals surface area contributed by atoms with Crippen LogP contribution < -0.4 is 10.6 Å². The molecule has 0 radical (unpaired) electrons. The largest absolute Gasteiger partial charge is 0.384 e. The number of pyridine rings is 1. The molecule has 0 atom stereocenters. The first-order valence-corrected chi connectivity index (χ1v) is 6.86. The summed E-state index contributed by atoms with van der Waals surface area (Å²) in [5.74, 6) is 0.101. The fourth-order valence-corrected chi connectivity index (χ4v) is 2.77. The Morgan fingerprint density at radius 2 is 1.75 bits per heavy atom. The Hall–Kier alpha value is -2.36. The van der Waals surface area contributed by atoms with Gasteiger partial charge in [-0.2, -0.15) is 0 Å². The smallest absolute Gasteiger partial charge is 0.125 e. The molecule has 2 heterocycles. The van der Waals surface area contributed by atoms with Gasteiger partial charge >= 0.3 is 0 Å². The van der Waals surface area contributed by atoms with Crippen molar-refractivity contribution in [3.63, 3.8) is 0 Å². The topological polar surface area (TPSA) is 66.0 Å². The van der Waals surface area contributed by atoms with Crippen LogP contribution in [-0.2, 0) is 12.8 Å². The number of rotatable bonds is 2. The van der Waals surface area contributed by atoms with Gasteiger partial charge in [-0.25, -0.2) is 0 Å². The summed E-state index contributed by atoms with van der Waals surface area (Å²) in [5, 5.41) is 7.70. The van der Waals surface area contributed by atoms with Gasteiger partial charge in [-0.15, -0.1) is 0 Å². The molecule has 0 amide bonds. The van der Waals surface area contributed by atoms with Crippen LogP contribution in [0.1, 0.15) is 16.7 Å². The van der Waals surface area contributed by atoms with Crippen LogP contribution in [0.25, 0.3) is 0 Å². The Morgan fingerprint density at radius 1 is 1.10 bits per heavy atom. The summed E-state index contributed by atoms with van der Waals surface area (Å²) < 4.78 is 0. The standard InChI is InChI=1S/C16H18N4/c17-16(18)14-5-8-19-11-15(14)20-9-6-12-3-1-2-4-13(12)7-10-20/h1-5,8,11H,6-7,9-10H2,(H3,17,18). The molecule has 0 unspecified atom stereocenters. The van der Waals surface area contributed by atoms with Crippen molar-refractivity contribution in [1.29, 1.82) is 5.41 Å². The number of aromatic nitrogens is 1. The predicted molar refractivity (Wildman–Crippen MR) is 81.3 cm³/mol. The van der Waals surface area contributed by atoms with Crippen molar-refractivity contribution in [2.75, 3.05) is 18.0 Å². The monoisotopic (exact) mass is 266 g/mol. The van der Waals surface area contributed by atoms with Gasteiger partial charge in [0.1, 0.15) is 5.84 Å². The number of anilines is 1. The van der Waals surface area contributed by atoms with Crippen LogP contribution in [-0.4, -0.2) is 23.9 Å². The number of benzene rings is 1. The first-order valence-electron chi connectivity index (χ1n) is 6.86. The van der Waals surface area contributed by atoms with Gasteiger partial charge in [0.25, 0.3) is 0 Å². The fraction of sp³-hybridized carbons (Fsp3) is 0.250. The molecule has 20 heavy (non-hydrogen) atoms. The summed E-state index contributed by atoms with van der Waals surface area (Å²) in [6.07, 6.45) is 5.53. The second-order valence-electron chi connectivity index (χ2n) is 5.06. The van der Waals surface area contributed by atoms with Crippen LogP contribution >= 0.6 is 0 Å². The van der Waals surface area contributed by atoms with Crippen LogP contribution in [0.4, 0.5) is 5.69 Å². The van der Waals surface area contributed by atoms with E-state index in [4.69, 9.17) is 11.1 Å². The highest BCUT2D eigenvalue weighted by Crippen LogP contribution is 2.23. The molecule has 3 rings (SSSR count). The number of nitrogens with zero attached hydrogens (tertiary/aromatic N) is 2. The highest BCUT2D eigenvalue weighted by atomic mass is 15.1. The first-order chi connectivity index (χ1) is 9.75. The van der Waals surface area contributed by atoms with E-state index < -0.39 is 0 Å². The SMILES string of the molecule is N=C(N)c1ccncc1N1CCc2ccccc2CC1. The number of amidine groups is 1. The zero-order valence-corrected chi connectivity index (χ0v) is 11.3. The number of nitrogen functional groups attached to an aromatic ring is 1. The maximum atomic E-state index is 7.70. The van der Waals surface area contributed by atoms with E-state index in [-0.39, 0.29) is 5.84 Å². The van der Waals surface area contributed by atoms with E-state index in [1.165, 1.54) is 11.1 Å². The minimum Gasteiger partial charge on any atom is -0.384 e. The van der Waals surface area contributed by atoms with Crippen molar-refractivity contribution in [3.8, 4) is 0 Å². The maximum absolute atomic E-state index is 7.70. The van der Waals surface area contributed by atoms with Gasteiger partial charge in [-0.3, -0.25) is 10.4 Å². The molecule has 0 fully saturated rings. The average molecular weight is 266 g/mol. The third kappa shape index (κ3) is 2.37. The van der Waals surface area contributed by atoms with Crippen molar-refractivity contribution in [1.82, 2.24) is 4.98 Å². The molecule has 1 aromatic carbocycles. The number of hydrogen-bond donors (Lipinski definition) is 2. The number of fused-ring (bicyclic) bond motifs is 1. The van der Waals surface area contributed by atoms with Gasteiger partial charge in [0.2, 0.25) is 0 Å². The molecule has 0 bridgehead atoms. The van der Waals surface area contributed by atoms with Gasteiger partial charge in [-0.05, 0) is 30.0 Å². The molecule has 0 saturated carbocycles. The maximum Gasteiger partial charge on any atom is 0.125 e. The third-order valence-electron chi connectivity index (χ3n) is 3.85. The molecule has 0 saturated heterocycles. The van der Waals surface area contributed by atoms with E-state index in [1.54, 1.807) is 6.20 Å². The fourth-order valence-electron chi connectivity index (χ4n) is 2.77. The summed E-state index contributed by atoms with van der Waals surface area (Å²) in [6.45, 7) is 1.87. The lowest BCUT2D eigenvalue weighted by atomic mass is 10.0. The van der Waals surface area contributed by atoms with Gasteiger partial charge < -0.3 is 10.6 Å². The zero-order valence-electron chi connectivity index (χ0n) is 11.3. The first kappa shape index (κ1) is 12.7. The Labute approximate surface area is 118 Å². The molecule has 1 aliphatic heterocycles. The Kier molecular flexibility index (Phi) is 3.37. The van der Waals surface area contributed by atoms with E-state index in [0.29, 0.717) is 0 Å². The molecule has 0 aliphatic carbocycles. The molecule has 1 aliphatic rings. The van der Waals surface area contributed by atoms with Gasteiger partial charge in [0.05, 0.1) is 11.9 Å². The molecule has 102 valence electrons. The van der Waals surface area contributed by atoms with Crippen LogP contribution in [0.15, 0.2) is 42.7 Å². The second kappa shape index (κ2) is 5.33. The highest BCUT2D eigenvalue weighted by molar-refractivity contribution is 6.00.